The van der Waals surface area contributed by atoms with Crippen molar-refractivity contribution in [2.24, 2.45) is 0 Å². The van der Waals surface area contributed by atoms with Crippen molar-refractivity contribution < 1.29 is 19.0 Å². The van der Waals surface area contributed by atoms with Crippen LogP contribution in [0.25, 0.3) is 0 Å². The van der Waals surface area contributed by atoms with Crippen LogP contribution in [0.3, 0.4) is 0 Å². The summed E-state index contributed by atoms with van der Waals surface area (Å²) in [5, 5.41) is 3.07. The number of nitrogens with one attached hydrogen (secondary N) is 1. The molecule has 0 spiro atoms. The molecule has 0 bridgehead atoms. The van der Waals surface area contributed by atoms with Crippen LogP contribution < -0.4 is 14.8 Å². The van der Waals surface area contributed by atoms with E-state index in [9.17, 15) is 4.79 Å². The van der Waals surface area contributed by atoms with Gasteiger partial charge >= 0.3 is 5.97 Å². The van der Waals surface area contributed by atoms with E-state index in [-0.39, 0.29) is 5.97 Å². The molecule has 0 aliphatic carbocycles. The molecule has 1 rings (SSSR count). The first-order chi connectivity index (χ1) is 9.69. The zero-order valence-corrected chi connectivity index (χ0v) is 12.1. The Morgan fingerprint density at radius 1 is 1.40 bits per heavy atom. The molecular formula is C15H21NO4. The van der Waals surface area contributed by atoms with Gasteiger partial charge < -0.3 is 14.2 Å². The monoisotopic (exact) mass is 279 g/mol. The average molecular weight is 279 g/mol. The Hall–Kier alpha value is -2.01. The molecule has 0 fully saturated rings. The molecular weight excluding hydrogens is 258 g/mol. The third kappa shape index (κ3) is 3.74. The highest BCUT2D eigenvalue weighted by atomic mass is 16.5. The molecule has 0 aromatic heterocycles. The lowest BCUT2D eigenvalue weighted by molar-refractivity contribution is -0.145. The van der Waals surface area contributed by atoms with Gasteiger partial charge in [-0.25, -0.2) is 4.79 Å². The summed E-state index contributed by atoms with van der Waals surface area (Å²) >= 11 is 0. The highest BCUT2D eigenvalue weighted by Gasteiger charge is 2.26. The summed E-state index contributed by atoms with van der Waals surface area (Å²) in [6.07, 6.45) is 1.68. The quantitative estimate of drug-likeness (QED) is 0.583. The molecule has 0 saturated heterocycles. The van der Waals surface area contributed by atoms with E-state index in [1.807, 2.05) is 0 Å². The maximum Gasteiger partial charge on any atom is 0.327 e. The number of rotatable bonds is 8. The Morgan fingerprint density at radius 3 is 2.70 bits per heavy atom. The number of hydrogen-bond donors (Lipinski definition) is 1. The van der Waals surface area contributed by atoms with Crippen LogP contribution in [0.1, 0.15) is 18.5 Å². The van der Waals surface area contributed by atoms with E-state index < -0.39 is 6.04 Å². The average Bonchev–Trinajstić information content (AvgIpc) is 2.47. The summed E-state index contributed by atoms with van der Waals surface area (Å²) < 4.78 is 15.7. The molecule has 0 aliphatic rings. The van der Waals surface area contributed by atoms with Gasteiger partial charge in [0.1, 0.15) is 6.04 Å². The first-order valence-corrected chi connectivity index (χ1v) is 6.41. The number of hydrogen-bond acceptors (Lipinski definition) is 5. The van der Waals surface area contributed by atoms with Crippen molar-refractivity contribution in [2.75, 3.05) is 27.4 Å². The van der Waals surface area contributed by atoms with E-state index in [2.05, 4.69) is 11.9 Å². The topological polar surface area (TPSA) is 56.8 Å². The molecule has 0 amide bonds. The fourth-order valence-corrected chi connectivity index (χ4v) is 1.89. The third-order valence-corrected chi connectivity index (χ3v) is 2.73. The highest BCUT2D eigenvalue weighted by Crippen LogP contribution is 2.35. The number of carbonyl (C=O) groups excluding carboxylic acids is 1. The van der Waals surface area contributed by atoms with Crippen LogP contribution in [0, 0.1) is 0 Å². The van der Waals surface area contributed by atoms with E-state index in [0.29, 0.717) is 30.2 Å². The molecule has 5 nitrogen and oxygen atoms in total. The van der Waals surface area contributed by atoms with Crippen molar-refractivity contribution in [3.8, 4) is 11.5 Å². The lowest BCUT2D eigenvalue weighted by atomic mass is 10.0. The second kappa shape index (κ2) is 8.22. The fraction of sp³-hybridized carbons (Fsp3) is 0.400. The van der Waals surface area contributed by atoms with Crippen molar-refractivity contribution >= 4 is 5.97 Å². The Balaban J connectivity index is 3.18. The van der Waals surface area contributed by atoms with Crippen molar-refractivity contribution in [1.82, 2.24) is 5.32 Å². The van der Waals surface area contributed by atoms with Crippen molar-refractivity contribution in [1.29, 1.82) is 0 Å². The lowest BCUT2D eigenvalue weighted by Crippen LogP contribution is -2.30. The minimum atomic E-state index is -0.627. The number of carbonyl (C=O) groups is 1. The van der Waals surface area contributed by atoms with Crippen molar-refractivity contribution in [2.45, 2.75) is 13.0 Å². The first-order valence-electron chi connectivity index (χ1n) is 6.41. The van der Waals surface area contributed by atoms with Gasteiger partial charge in [-0.15, -0.1) is 6.58 Å². The van der Waals surface area contributed by atoms with Crippen LogP contribution in [0.15, 0.2) is 30.9 Å². The molecule has 1 unspecified atom stereocenters. The Bertz CT molecular complexity index is 459. The van der Waals surface area contributed by atoms with Gasteiger partial charge in [-0.1, -0.05) is 18.2 Å². The Labute approximate surface area is 119 Å². The number of ether oxygens (including phenoxy) is 3. The van der Waals surface area contributed by atoms with Crippen LogP contribution >= 0.6 is 0 Å². The maximum atomic E-state index is 12.1. The van der Waals surface area contributed by atoms with Crippen LogP contribution in [0.2, 0.25) is 0 Å². The highest BCUT2D eigenvalue weighted by molar-refractivity contribution is 5.79. The van der Waals surface area contributed by atoms with Crippen molar-refractivity contribution in [3.63, 3.8) is 0 Å². The molecule has 0 saturated carbocycles. The van der Waals surface area contributed by atoms with Crippen LogP contribution in [-0.2, 0) is 9.53 Å². The minimum absolute atomic E-state index is 0.317. The van der Waals surface area contributed by atoms with Crippen LogP contribution in [-0.4, -0.2) is 33.3 Å². The van der Waals surface area contributed by atoms with Crippen molar-refractivity contribution in [3.05, 3.63) is 36.4 Å². The van der Waals surface area contributed by atoms with Gasteiger partial charge in [-0.2, -0.15) is 0 Å². The van der Waals surface area contributed by atoms with Gasteiger partial charge in [0.25, 0.3) is 0 Å². The summed E-state index contributed by atoms with van der Waals surface area (Å²) in [7, 11) is 3.09. The van der Waals surface area contributed by atoms with Gasteiger partial charge in [-0.3, -0.25) is 5.32 Å². The molecule has 1 aromatic rings. The number of methoxy groups -OCH3 is 2. The molecule has 20 heavy (non-hydrogen) atoms. The molecule has 0 aliphatic heterocycles. The number of benzene rings is 1. The SMILES string of the molecule is C=CCNC(C(=O)OCC)c1cccc(OC)c1OC. The first kappa shape index (κ1) is 16.0. The smallest absolute Gasteiger partial charge is 0.327 e. The van der Waals surface area contributed by atoms with E-state index in [1.165, 1.54) is 7.11 Å². The van der Waals surface area contributed by atoms with Crippen LogP contribution in [0.4, 0.5) is 0 Å². The normalized spacial score (nSPS) is 11.6. The van der Waals surface area contributed by atoms with E-state index in [1.54, 1.807) is 38.3 Å². The zero-order valence-electron chi connectivity index (χ0n) is 12.1. The van der Waals surface area contributed by atoms with Gasteiger partial charge in [0.2, 0.25) is 0 Å². The second-order valence-corrected chi connectivity index (χ2v) is 3.96. The number of esters is 1. The molecule has 110 valence electrons. The van der Waals surface area contributed by atoms with Crippen LogP contribution in [0.5, 0.6) is 11.5 Å². The van der Waals surface area contributed by atoms with Gasteiger partial charge in [0, 0.05) is 12.1 Å². The zero-order chi connectivity index (χ0) is 15.0. The molecule has 5 heteroatoms. The molecule has 0 radical (unpaired) electrons. The summed E-state index contributed by atoms with van der Waals surface area (Å²) in [6.45, 7) is 6.20. The minimum Gasteiger partial charge on any atom is -0.493 e. The third-order valence-electron chi connectivity index (χ3n) is 2.73. The van der Waals surface area contributed by atoms with Gasteiger partial charge in [0.05, 0.1) is 20.8 Å². The maximum absolute atomic E-state index is 12.1. The summed E-state index contributed by atoms with van der Waals surface area (Å²) in [5.41, 5.74) is 0.673. The predicted octanol–water partition coefficient (Wildman–Crippen LogP) is 2.08. The molecule has 1 aromatic carbocycles. The van der Waals surface area contributed by atoms with E-state index >= 15 is 0 Å². The molecule has 1 N–H and O–H groups in total. The van der Waals surface area contributed by atoms with E-state index in [4.69, 9.17) is 14.2 Å². The fourth-order valence-electron chi connectivity index (χ4n) is 1.89. The summed E-state index contributed by atoms with van der Waals surface area (Å²) in [6, 6.07) is 4.76. The van der Waals surface area contributed by atoms with E-state index in [0.717, 1.165) is 0 Å². The Kier molecular flexibility index (Phi) is 6.59. The van der Waals surface area contributed by atoms with Gasteiger partial charge in [-0.05, 0) is 13.0 Å². The molecule has 0 heterocycles. The lowest BCUT2D eigenvalue weighted by Gasteiger charge is -2.20. The standard InChI is InChI=1S/C15H21NO4/c1-5-10-16-13(15(17)20-6-2)11-8-7-9-12(18-3)14(11)19-4/h5,7-9,13,16H,1,6,10H2,2-4H3. The number of para-hydroxylation sites is 1. The van der Waals surface area contributed by atoms with Gasteiger partial charge in [0.15, 0.2) is 11.5 Å². The second-order valence-electron chi connectivity index (χ2n) is 3.96. The molecule has 1 atom stereocenters. The predicted molar refractivity (Wildman–Crippen MR) is 77.1 cm³/mol. The largest absolute Gasteiger partial charge is 0.493 e. The summed E-state index contributed by atoms with van der Waals surface area (Å²) in [5.74, 6) is 0.727. The summed E-state index contributed by atoms with van der Waals surface area (Å²) in [4.78, 5) is 12.1. The Morgan fingerprint density at radius 2 is 2.15 bits per heavy atom.